The van der Waals surface area contributed by atoms with Crippen LogP contribution in [-0.4, -0.2) is 47.3 Å². The van der Waals surface area contributed by atoms with Gasteiger partial charge in [-0.25, -0.2) is 14.2 Å². The summed E-state index contributed by atoms with van der Waals surface area (Å²) in [6.45, 7) is 4.68. The Labute approximate surface area is 203 Å². The van der Waals surface area contributed by atoms with Gasteiger partial charge in [0.15, 0.2) is 0 Å². The van der Waals surface area contributed by atoms with E-state index in [4.69, 9.17) is 0 Å². The van der Waals surface area contributed by atoms with E-state index in [1.165, 1.54) is 11.0 Å². The van der Waals surface area contributed by atoms with Crippen LogP contribution >= 0.6 is 0 Å². The summed E-state index contributed by atoms with van der Waals surface area (Å²) >= 11 is 0. The van der Waals surface area contributed by atoms with E-state index in [1.54, 1.807) is 0 Å². The van der Waals surface area contributed by atoms with E-state index in [2.05, 4.69) is 28.9 Å². The largest absolute Gasteiger partial charge is 0.573 e. The van der Waals surface area contributed by atoms with Gasteiger partial charge in [0.25, 0.3) is 0 Å². The number of amides is 2. The van der Waals surface area contributed by atoms with Crippen molar-refractivity contribution in [2.24, 2.45) is 16.7 Å². The molecule has 6 nitrogen and oxygen atoms in total. The molecule has 0 saturated heterocycles. The Morgan fingerprint density at radius 1 is 1.23 bits per heavy atom. The van der Waals surface area contributed by atoms with Gasteiger partial charge in [-0.1, -0.05) is 20.3 Å². The van der Waals surface area contributed by atoms with Gasteiger partial charge in [-0.15, -0.1) is 13.2 Å². The quantitative estimate of drug-likeness (QED) is 0.467. The van der Waals surface area contributed by atoms with Crippen LogP contribution in [0.25, 0.3) is 0 Å². The standard InChI is InChI=1S/C25H35F4N3O3/c1-22(13-23(2,14-22)17-5-3-6-18(26)11-17)16-32(21(33)31-15-24(34)9-4-10-24)20-8-7-19(12-30-20)35-25(27,28)29/h7-8,12,17-18,34H,3-6,9-11,13-16H2,1-2H3,(H,31,33). The van der Waals surface area contributed by atoms with Gasteiger partial charge in [-0.05, 0) is 80.2 Å². The van der Waals surface area contributed by atoms with Crippen LogP contribution in [0.3, 0.4) is 0 Å². The molecular formula is C25H35F4N3O3. The fourth-order valence-electron chi connectivity index (χ4n) is 6.52. The minimum Gasteiger partial charge on any atom is -0.404 e. The second kappa shape index (κ2) is 9.41. The van der Waals surface area contributed by atoms with Gasteiger partial charge in [-0.3, -0.25) is 4.90 Å². The fraction of sp³-hybridized carbons (Fsp3) is 0.760. The van der Waals surface area contributed by atoms with Crippen molar-refractivity contribution >= 4 is 11.8 Å². The molecule has 4 rings (SSSR count). The lowest BCUT2D eigenvalue weighted by Gasteiger charge is -2.58. The Morgan fingerprint density at radius 3 is 2.49 bits per heavy atom. The Kier molecular flexibility index (Phi) is 6.98. The Morgan fingerprint density at radius 2 is 1.94 bits per heavy atom. The van der Waals surface area contributed by atoms with Gasteiger partial charge in [0.1, 0.15) is 17.7 Å². The van der Waals surface area contributed by atoms with Crippen LogP contribution in [0.1, 0.15) is 71.6 Å². The average Bonchev–Trinajstić information content (AvgIpc) is 2.73. The second-order valence-electron chi connectivity index (χ2n) is 11.5. The minimum absolute atomic E-state index is 0.000573. The van der Waals surface area contributed by atoms with Crippen LogP contribution in [0.4, 0.5) is 28.2 Å². The molecule has 10 heteroatoms. The maximum atomic E-state index is 14.0. The molecule has 2 N–H and O–H groups in total. The number of ether oxygens (including phenoxy) is 1. The van der Waals surface area contributed by atoms with Crippen LogP contribution in [0.5, 0.6) is 5.75 Å². The smallest absolute Gasteiger partial charge is 0.404 e. The molecule has 0 aromatic carbocycles. The fourth-order valence-corrected chi connectivity index (χ4v) is 6.52. The number of nitrogens with one attached hydrogen (secondary N) is 1. The monoisotopic (exact) mass is 501 g/mol. The molecule has 196 valence electrons. The van der Waals surface area contributed by atoms with E-state index in [0.29, 0.717) is 38.1 Å². The van der Waals surface area contributed by atoms with Gasteiger partial charge in [0.05, 0.1) is 11.8 Å². The van der Waals surface area contributed by atoms with Gasteiger partial charge < -0.3 is 15.2 Å². The highest BCUT2D eigenvalue weighted by atomic mass is 19.4. The summed E-state index contributed by atoms with van der Waals surface area (Å²) in [5, 5.41) is 13.2. The van der Waals surface area contributed by atoms with E-state index in [-0.39, 0.29) is 23.2 Å². The van der Waals surface area contributed by atoms with Crippen molar-refractivity contribution in [1.82, 2.24) is 10.3 Å². The number of anilines is 1. The highest BCUT2D eigenvalue weighted by molar-refractivity contribution is 5.91. The number of aliphatic hydroxyl groups is 1. The Balaban J connectivity index is 1.46. The number of halogens is 4. The lowest BCUT2D eigenvalue weighted by Crippen LogP contribution is -2.57. The molecule has 35 heavy (non-hydrogen) atoms. The zero-order valence-electron chi connectivity index (χ0n) is 20.3. The predicted molar refractivity (Wildman–Crippen MR) is 123 cm³/mol. The third-order valence-electron chi connectivity index (χ3n) is 8.13. The SMILES string of the molecule is CC1(CN(C(=O)NCC2(O)CCC2)c2ccc(OC(F)(F)F)cn2)CC(C)(C2CCCC(F)C2)C1. The van der Waals surface area contributed by atoms with Crippen LogP contribution < -0.4 is 15.0 Å². The summed E-state index contributed by atoms with van der Waals surface area (Å²) in [5.74, 6) is 0.0474. The van der Waals surface area contributed by atoms with E-state index < -0.39 is 29.9 Å². The molecule has 0 radical (unpaired) electrons. The van der Waals surface area contributed by atoms with Gasteiger partial charge in [0, 0.05) is 13.1 Å². The molecular weight excluding hydrogens is 466 g/mol. The third-order valence-corrected chi connectivity index (χ3v) is 8.13. The molecule has 2 atom stereocenters. The molecule has 1 aromatic rings. The van der Waals surface area contributed by atoms with E-state index in [9.17, 15) is 27.5 Å². The van der Waals surface area contributed by atoms with Crippen LogP contribution in [0, 0.1) is 16.7 Å². The maximum Gasteiger partial charge on any atom is 0.573 e. The molecule has 2 amide bonds. The van der Waals surface area contributed by atoms with Crippen LogP contribution in [-0.2, 0) is 0 Å². The summed E-state index contributed by atoms with van der Waals surface area (Å²) in [4.78, 5) is 18.7. The van der Waals surface area contributed by atoms with Gasteiger partial charge in [-0.2, -0.15) is 0 Å². The van der Waals surface area contributed by atoms with Crippen molar-refractivity contribution < 1.29 is 32.2 Å². The van der Waals surface area contributed by atoms with E-state index >= 15 is 0 Å². The molecule has 3 aliphatic carbocycles. The van der Waals surface area contributed by atoms with Crippen molar-refractivity contribution in [2.45, 2.75) is 89.8 Å². The second-order valence-corrected chi connectivity index (χ2v) is 11.5. The highest BCUT2D eigenvalue weighted by Crippen LogP contribution is 2.61. The van der Waals surface area contributed by atoms with Crippen molar-refractivity contribution in [2.75, 3.05) is 18.0 Å². The Hall–Kier alpha value is -2.10. The number of carbonyl (C=O) groups is 1. The molecule has 1 aromatic heterocycles. The third kappa shape index (κ3) is 6.19. The highest BCUT2D eigenvalue weighted by Gasteiger charge is 2.54. The summed E-state index contributed by atoms with van der Waals surface area (Å²) in [6.07, 6.45) is 2.24. The number of pyridine rings is 1. The summed E-state index contributed by atoms with van der Waals surface area (Å²) < 4.78 is 55.5. The van der Waals surface area contributed by atoms with E-state index in [0.717, 1.165) is 44.4 Å². The lowest BCUT2D eigenvalue weighted by molar-refractivity contribution is -0.274. The molecule has 2 unspecified atom stereocenters. The zero-order valence-corrected chi connectivity index (χ0v) is 20.3. The molecule has 1 heterocycles. The van der Waals surface area contributed by atoms with E-state index in [1.807, 2.05) is 0 Å². The van der Waals surface area contributed by atoms with Crippen LogP contribution in [0.15, 0.2) is 18.3 Å². The zero-order chi connectivity index (χ0) is 25.5. The predicted octanol–water partition coefficient (Wildman–Crippen LogP) is 5.75. The summed E-state index contributed by atoms with van der Waals surface area (Å²) in [5.41, 5.74) is -1.16. The van der Waals surface area contributed by atoms with Gasteiger partial charge in [0.2, 0.25) is 0 Å². The molecule has 3 aliphatic rings. The Bertz CT molecular complexity index is 898. The number of hydrogen-bond donors (Lipinski definition) is 2. The summed E-state index contributed by atoms with van der Waals surface area (Å²) in [7, 11) is 0. The van der Waals surface area contributed by atoms with Gasteiger partial charge >= 0.3 is 12.4 Å². The molecule has 0 bridgehead atoms. The topological polar surface area (TPSA) is 74.7 Å². The number of aromatic nitrogens is 1. The van der Waals surface area contributed by atoms with Crippen LogP contribution in [0.2, 0.25) is 0 Å². The molecule has 0 spiro atoms. The number of carbonyl (C=O) groups excluding carboxylic acids is 1. The number of hydrogen-bond acceptors (Lipinski definition) is 4. The molecule has 3 fully saturated rings. The number of nitrogens with zero attached hydrogens (tertiary/aromatic N) is 2. The first-order valence-electron chi connectivity index (χ1n) is 12.4. The molecule has 0 aliphatic heterocycles. The lowest BCUT2D eigenvalue weighted by atomic mass is 9.48. The number of urea groups is 1. The van der Waals surface area contributed by atoms with Crippen molar-refractivity contribution in [3.63, 3.8) is 0 Å². The summed E-state index contributed by atoms with van der Waals surface area (Å²) in [6, 6.07) is 2.00. The first kappa shape index (κ1) is 26.0. The van der Waals surface area contributed by atoms with Crippen molar-refractivity contribution in [3.8, 4) is 5.75 Å². The maximum absolute atomic E-state index is 14.0. The minimum atomic E-state index is -4.83. The van der Waals surface area contributed by atoms with Crippen molar-refractivity contribution in [3.05, 3.63) is 18.3 Å². The normalized spacial score (nSPS) is 32.2. The number of alkyl halides is 4. The number of rotatable bonds is 7. The average molecular weight is 502 g/mol. The first-order valence-corrected chi connectivity index (χ1v) is 12.4. The molecule has 3 saturated carbocycles. The van der Waals surface area contributed by atoms with Crippen molar-refractivity contribution in [1.29, 1.82) is 0 Å². The first-order chi connectivity index (χ1) is 16.3.